The maximum absolute atomic E-state index is 14.5. The quantitative estimate of drug-likeness (QED) is 0.665. The number of carbonyl (C=O) groups is 3. The number of thioether (sulfide) groups is 1. The van der Waals surface area contributed by atoms with Gasteiger partial charge in [-0.15, -0.1) is 0 Å². The first-order valence-electron chi connectivity index (χ1n) is 9.48. The number of hydrogen-bond donors (Lipinski definition) is 0. The van der Waals surface area contributed by atoms with Crippen LogP contribution in [0.3, 0.4) is 0 Å². The van der Waals surface area contributed by atoms with Crippen LogP contribution in [-0.2, 0) is 9.59 Å². The van der Waals surface area contributed by atoms with Gasteiger partial charge in [-0.3, -0.25) is 19.3 Å². The van der Waals surface area contributed by atoms with E-state index >= 15 is 0 Å². The van der Waals surface area contributed by atoms with Crippen molar-refractivity contribution < 1.29 is 28.2 Å². The molecule has 2 heterocycles. The van der Waals surface area contributed by atoms with E-state index in [1.54, 1.807) is 30.3 Å². The van der Waals surface area contributed by atoms with Gasteiger partial charge in [0.1, 0.15) is 11.9 Å². The summed E-state index contributed by atoms with van der Waals surface area (Å²) in [7, 11) is 0. The molecule has 2 fully saturated rings. The van der Waals surface area contributed by atoms with Crippen LogP contribution in [0.4, 0.5) is 9.18 Å². The van der Waals surface area contributed by atoms with Gasteiger partial charge in [0, 0.05) is 11.5 Å². The average Bonchev–Trinajstić information content (AvgIpc) is 3.42. The molecule has 0 radical (unpaired) electrons. The molecule has 5 rings (SSSR count). The molecule has 1 aliphatic carbocycles. The smallest absolute Gasteiger partial charge is 0.294 e. The molecular formula is C22H16FNO5S. The number of rotatable bonds is 5. The number of imide groups is 1. The van der Waals surface area contributed by atoms with E-state index in [9.17, 15) is 18.8 Å². The van der Waals surface area contributed by atoms with Crippen molar-refractivity contribution in [1.29, 1.82) is 0 Å². The molecule has 1 atom stereocenters. The van der Waals surface area contributed by atoms with Crippen LogP contribution in [0.5, 0.6) is 11.5 Å². The van der Waals surface area contributed by atoms with Gasteiger partial charge in [0.15, 0.2) is 17.3 Å². The van der Waals surface area contributed by atoms with Crippen molar-refractivity contribution in [2.24, 2.45) is 5.92 Å². The largest absolute Gasteiger partial charge is 0.454 e. The van der Waals surface area contributed by atoms with E-state index in [4.69, 9.17) is 9.47 Å². The molecule has 0 aromatic heterocycles. The number of hydrogen-bond acceptors (Lipinski definition) is 6. The summed E-state index contributed by atoms with van der Waals surface area (Å²) in [6.45, 7) is 0.128. The van der Waals surface area contributed by atoms with Crippen LogP contribution in [0.1, 0.15) is 30.0 Å². The maximum atomic E-state index is 14.5. The summed E-state index contributed by atoms with van der Waals surface area (Å²) in [5.74, 6) is -0.611. The molecule has 30 heavy (non-hydrogen) atoms. The molecule has 2 amide bonds. The summed E-state index contributed by atoms with van der Waals surface area (Å²) in [5.41, 5.74) is 0.696. The van der Waals surface area contributed by atoms with E-state index in [2.05, 4.69) is 0 Å². The van der Waals surface area contributed by atoms with Gasteiger partial charge in [-0.25, -0.2) is 4.39 Å². The summed E-state index contributed by atoms with van der Waals surface area (Å²) < 4.78 is 25.1. The Balaban J connectivity index is 1.50. The highest BCUT2D eigenvalue weighted by molar-refractivity contribution is 8.18. The summed E-state index contributed by atoms with van der Waals surface area (Å²) in [6, 6.07) is 9.68. The van der Waals surface area contributed by atoms with Crippen molar-refractivity contribution in [3.05, 3.63) is 64.3 Å². The molecule has 2 aromatic rings. The fourth-order valence-corrected chi connectivity index (χ4v) is 4.42. The Hall–Kier alpha value is -3.13. The van der Waals surface area contributed by atoms with Crippen LogP contribution >= 0.6 is 11.8 Å². The molecule has 3 aliphatic rings. The van der Waals surface area contributed by atoms with Crippen LogP contribution < -0.4 is 9.47 Å². The zero-order valence-corrected chi connectivity index (χ0v) is 16.5. The van der Waals surface area contributed by atoms with E-state index in [0.717, 1.165) is 16.7 Å². The van der Waals surface area contributed by atoms with Crippen molar-refractivity contribution >= 4 is 34.8 Å². The van der Waals surface area contributed by atoms with E-state index < -0.39 is 23.0 Å². The minimum Gasteiger partial charge on any atom is -0.454 e. The average molecular weight is 425 g/mol. The van der Waals surface area contributed by atoms with Gasteiger partial charge in [0.25, 0.3) is 11.1 Å². The van der Waals surface area contributed by atoms with Crippen LogP contribution in [0, 0.1) is 11.7 Å². The molecule has 152 valence electrons. The zero-order chi connectivity index (χ0) is 20.8. The van der Waals surface area contributed by atoms with Gasteiger partial charge >= 0.3 is 0 Å². The van der Waals surface area contributed by atoms with Gasteiger partial charge < -0.3 is 9.47 Å². The zero-order valence-electron chi connectivity index (χ0n) is 15.7. The minimum atomic E-state index is -1.26. The Morgan fingerprint density at radius 2 is 1.90 bits per heavy atom. The van der Waals surface area contributed by atoms with E-state index in [1.807, 2.05) is 0 Å². The first kappa shape index (κ1) is 18.9. The first-order valence-corrected chi connectivity index (χ1v) is 10.3. The number of ketones is 1. The SMILES string of the molecule is O=C(C1CC1)C(c1ccccc1F)N1C(=O)S/C(=C\c2ccc3c(c2)OCO3)C1=O. The molecule has 2 aromatic carbocycles. The lowest BCUT2D eigenvalue weighted by atomic mass is 9.97. The Kier molecular flexibility index (Phi) is 4.58. The summed E-state index contributed by atoms with van der Waals surface area (Å²) in [5, 5.41) is -0.589. The number of benzene rings is 2. The predicted octanol–water partition coefficient (Wildman–Crippen LogP) is 4.31. The second-order valence-electron chi connectivity index (χ2n) is 7.27. The van der Waals surface area contributed by atoms with E-state index in [0.29, 0.717) is 29.9 Å². The third-order valence-electron chi connectivity index (χ3n) is 5.23. The van der Waals surface area contributed by atoms with Gasteiger partial charge in [-0.2, -0.15) is 0 Å². The fourth-order valence-electron chi connectivity index (χ4n) is 3.56. The number of carbonyl (C=O) groups excluding carboxylic acids is 3. The highest BCUT2D eigenvalue weighted by Gasteiger charge is 2.47. The van der Waals surface area contributed by atoms with Crippen molar-refractivity contribution in [2.45, 2.75) is 18.9 Å². The number of fused-ring (bicyclic) bond motifs is 1. The van der Waals surface area contributed by atoms with E-state index in [1.165, 1.54) is 18.2 Å². The summed E-state index contributed by atoms with van der Waals surface area (Å²) in [6.07, 6.45) is 2.94. The monoisotopic (exact) mass is 425 g/mol. The number of ether oxygens (including phenoxy) is 2. The molecule has 1 saturated heterocycles. The van der Waals surface area contributed by atoms with E-state index in [-0.39, 0.29) is 29.0 Å². The lowest BCUT2D eigenvalue weighted by Gasteiger charge is -2.25. The minimum absolute atomic E-state index is 0.0426. The number of amides is 2. The Labute approximate surface area is 175 Å². The maximum Gasteiger partial charge on any atom is 0.294 e. The van der Waals surface area contributed by atoms with Gasteiger partial charge in [-0.05, 0) is 54.4 Å². The van der Waals surface area contributed by atoms with Crippen molar-refractivity contribution in [3.8, 4) is 11.5 Å². The molecule has 0 N–H and O–H groups in total. The molecule has 8 heteroatoms. The Morgan fingerprint density at radius 3 is 2.67 bits per heavy atom. The van der Waals surface area contributed by atoms with Gasteiger partial charge in [-0.1, -0.05) is 24.3 Å². The highest BCUT2D eigenvalue weighted by atomic mass is 32.2. The van der Waals surface area contributed by atoms with Crippen LogP contribution in [0.25, 0.3) is 6.08 Å². The lowest BCUT2D eigenvalue weighted by molar-refractivity contribution is -0.133. The van der Waals surface area contributed by atoms with Gasteiger partial charge in [0.2, 0.25) is 6.79 Å². The van der Waals surface area contributed by atoms with Crippen LogP contribution in [-0.4, -0.2) is 28.6 Å². The number of nitrogens with zero attached hydrogens (tertiary/aromatic N) is 1. The molecular weight excluding hydrogens is 409 g/mol. The molecule has 1 saturated carbocycles. The first-order chi connectivity index (χ1) is 14.5. The second kappa shape index (κ2) is 7.28. The standard InChI is InChI=1S/C22H16FNO5S/c23-15-4-2-1-3-14(15)19(20(25)13-6-7-13)24-21(26)18(30-22(24)27)10-12-5-8-16-17(9-12)29-11-28-16/h1-5,8-10,13,19H,6-7,11H2/b18-10-. The normalized spacial score (nSPS) is 20.2. The molecule has 0 bridgehead atoms. The van der Waals surface area contributed by atoms with Crippen molar-refractivity contribution in [2.75, 3.05) is 6.79 Å². The second-order valence-corrected chi connectivity index (χ2v) is 8.26. The number of halogens is 1. The van der Waals surface area contributed by atoms with Crippen molar-refractivity contribution in [1.82, 2.24) is 4.90 Å². The van der Waals surface area contributed by atoms with Gasteiger partial charge in [0.05, 0.1) is 4.91 Å². The Bertz CT molecular complexity index is 1110. The molecule has 2 aliphatic heterocycles. The predicted molar refractivity (Wildman–Crippen MR) is 107 cm³/mol. The third-order valence-corrected chi connectivity index (χ3v) is 6.11. The summed E-state index contributed by atoms with van der Waals surface area (Å²) in [4.78, 5) is 39.9. The topological polar surface area (TPSA) is 72.9 Å². The molecule has 6 nitrogen and oxygen atoms in total. The Morgan fingerprint density at radius 1 is 1.13 bits per heavy atom. The lowest BCUT2D eigenvalue weighted by Crippen LogP contribution is -2.38. The van der Waals surface area contributed by atoms with Crippen molar-refractivity contribution in [3.63, 3.8) is 0 Å². The van der Waals surface area contributed by atoms with Crippen LogP contribution in [0.2, 0.25) is 0 Å². The molecule has 0 spiro atoms. The fraction of sp³-hybridized carbons (Fsp3) is 0.227. The van der Waals surface area contributed by atoms with Crippen LogP contribution in [0.15, 0.2) is 47.4 Å². The number of Topliss-reactive ketones (excluding diaryl/α,β-unsaturated/α-hetero) is 1. The summed E-state index contributed by atoms with van der Waals surface area (Å²) >= 11 is 0.740. The molecule has 1 unspecified atom stereocenters. The third kappa shape index (κ3) is 3.27. The highest BCUT2D eigenvalue weighted by Crippen LogP contribution is 2.43.